The first-order valence-electron chi connectivity index (χ1n) is 11.5. The van der Waals surface area contributed by atoms with Crippen LogP contribution < -0.4 is 0 Å². The van der Waals surface area contributed by atoms with Crippen LogP contribution in [0, 0.1) is 5.92 Å². The highest BCUT2D eigenvalue weighted by Crippen LogP contribution is 2.27. The summed E-state index contributed by atoms with van der Waals surface area (Å²) in [5.41, 5.74) is 0.752. The van der Waals surface area contributed by atoms with Gasteiger partial charge in [0.05, 0.1) is 19.1 Å². The van der Waals surface area contributed by atoms with Gasteiger partial charge in [-0.2, -0.15) is 0 Å². The molecule has 0 spiro atoms. The van der Waals surface area contributed by atoms with Gasteiger partial charge in [0.1, 0.15) is 6.04 Å². The minimum Gasteiger partial charge on any atom is -0.466 e. The Bertz CT molecular complexity index is 820. The summed E-state index contributed by atoms with van der Waals surface area (Å²) in [6.07, 6.45) is 3.27. The number of carbonyl (C=O) groups excluding carboxylic acids is 4. The summed E-state index contributed by atoms with van der Waals surface area (Å²) in [5, 5.41) is 0. The zero-order valence-electron chi connectivity index (χ0n) is 19.0. The summed E-state index contributed by atoms with van der Waals surface area (Å²) < 4.78 is 5.08. The molecule has 8 nitrogen and oxygen atoms in total. The lowest BCUT2D eigenvalue weighted by atomic mass is 9.97. The molecule has 1 aromatic rings. The van der Waals surface area contributed by atoms with Crippen LogP contribution >= 0.6 is 0 Å². The first kappa shape index (κ1) is 23.8. The van der Waals surface area contributed by atoms with Crippen molar-refractivity contribution in [3.8, 4) is 0 Å². The number of hydrogen-bond donors (Lipinski definition) is 0. The Morgan fingerprint density at radius 2 is 1.78 bits per heavy atom. The van der Waals surface area contributed by atoms with Crippen molar-refractivity contribution in [3.05, 3.63) is 35.9 Å². The fraction of sp³-hybridized carbons (Fsp3) is 0.583. The number of nitrogens with zero attached hydrogens (tertiary/aromatic N) is 3. The molecule has 0 saturated carbocycles. The maximum Gasteiger partial charge on any atom is 0.309 e. The Balaban J connectivity index is 1.64. The molecule has 0 aromatic heterocycles. The topological polar surface area (TPSA) is 87.2 Å². The van der Waals surface area contributed by atoms with Crippen molar-refractivity contribution >= 4 is 23.7 Å². The third-order valence-corrected chi connectivity index (χ3v) is 6.24. The van der Waals surface area contributed by atoms with Gasteiger partial charge >= 0.3 is 5.97 Å². The van der Waals surface area contributed by atoms with E-state index in [4.69, 9.17) is 4.74 Å². The average Bonchev–Trinajstić information content (AvgIpc) is 2.81. The Kier molecular flexibility index (Phi) is 8.25. The van der Waals surface area contributed by atoms with Gasteiger partial charge in [0, 0.05) is 33.1 Å². The largest absolute Gasteiger partial charge is 0.466 e. The lowest BCUT2D eigenvalue weighted by molar-refractivity contribution is -0.152. The van der Waals surface area contributed by atoms with Crippen LogP contribution in [0.4, 0.5) is 0 Å². The van der Waals surface area contributed by atoms with E-state index >= 15 is 0 Å². The predicted octanol–water partition coefficient (Wildman–Crippen LogP) is 2.00. The molecule has 0 radical (unpaired) electrons. The molecule has 1 aromatic carbocycles. The number of benzene rings is 1. The zero-order chi connectivity index (χ0) is 23.1. The van der Waals surface area contributed by atoms with Crippen LogP contribution in [0.3, 0.4) is 0 Å². The molecule has 2 fully saturated rings. The van der Waals surface area contributed by atoms with Gasteiger partial charge in [0.25, 0.3) is 0 Å². The molecule has 0 bridgehead atoms. The molecule has 2 heterocycles. The molecule has 0 N–H and O–H groups in total. The SMILES string of the molecule is CCOC(=O)C1CCN(C(=O)CN(C)C(=O)C(c2ccccc2)N2CCCCC2=O)CC1. The fourth-order valence-electron chi connectivity index (χ4n) is 4.41. The van der Waals surface area contributed by atoms with Gasteiger partial charge in [-0.25, -0.2) is 0 Å². The summed E-state index contributed by atoms with van der Waals surface area (Å²) in [4.78, 5) is 55.5. The van der Waals surface area contributed by atoms with E-state index in [0.717, 1.165) is 18.4 Å². The molecule has 3 amide bonds. The number of carbonyl (C=O) groups is 4. The Morgan fingerprint density at radius 3 is 2.41 bits per heavy atom. The molecular formula is C24H33N3O5. The van der Waals surface area contributed by atoms with Crippen LogP contribution in [0.1, 0.15) is 50.6 Å². The standard InChI is InChI=1S/C24H33N3O5/c1-3-32-24(31)19-12-15-26(16-13-19)21(29)17-25(2)23(30)22(18-9-5-4-6-10-18)27-14-8-7-11-20(27)28/h4-6,9-10,19,22H,3,7-8,11-17H2,1-2H3. The lowest BCUT2D eigenvalue weighted by Gasteiger charge is -2.37. The van der Waals surface area contributed by atoms with Gasteiger partial charge < -0.3 is 19.4 Å². The van der Waals surface area contributed by atoms with Crippen LogP contribution in [-0.2, 0) is 23.9 Å². The highest BCUT2D eigenvalue weighted by atomic mass is 16.5. The van der Waals surface area contributed by atoms with E-state index < -0.39 is 6.04 Å². The maximum atomic E-state index is 13.4. The Hall–Kier alpha value is -2.90. The van der Waals surface area contributed by atoms with Gasteiger partial charge in [0.15, 0.2) is 0 Å². The second-order valence-corrected chi connectivity index (χ2v) is 8.46. The summed E-state index contributed by atoms with van der Waals surface area (Å²) in [7, 11) is 1.61. The molecule has 0 aliphatic carbocycles. The summed E-state index contributed by atoms with van der Waals surface area (Å²) in [5.74, 6) is -0.824. The van der Waals surface area contributed by atoms with Crippen molar-refractivity contribution < 1.29 is 23.9 Å². The highest BCUT2D eigenvalue weighted by Gasteiger charge is 2.35. The molecule has 1 atom stereocenters. The van der Waals surface area contributed by atoms with E-state index in [1.54, 1.807) is 23.8 Å². The first-order valence-corrected chi connectivity index (χ1v) is 11.5. The average molecular weight is 444 g/mol. The van der Waals surface area contributed by atoms with E-state index in [2.05, 4.69) is 0 Å². The van der Waals surface area contributed by atoms with Crippen molar-refractivity contribution in [3.63, 3.8) is 0 Å². The van der Waals surface area contributed by atoms with Gasteiger partial charge in [-0.05, 0) is 38.2 Å². The normalized spacial score (nSPS) is 18.2. The molecule has 2 aliphatic heterocycles. The number of likely N-dealkylation sites (N-methyl/N-ethyl adjacent to an activating group) is 1. The van der Waals surface area contributed by atoms with Crippen molar-refractivity contribution in [2.45, 2.75) is 45.1 Å². The number of ether oxygens (including phenoxy) is 1. The van der Waals surface area contributed by atoms with Crippen molar-refractivity contribution in [1.29, 1.82) is 0 Å². The van der Waals surface area contributed by atoms with E-state index in [1.807, 2.05) is 30.3 Å². The molecule has 2 saturated heterocycles. The monoisotopic (exact) mass is 443 g/mol. The third-order valence-electron chi connectivity index (χ3n) is 6.24. The number of rotatable bonds is 7. The number of piperidine rings is 2. The molecular weight excluding hydrogens is 410 g/mol. The number of amides is 3. The second kappa shape index (κ2) is 11.1. The van der Waals surface area contributed by atoms with Crippen molar-refractivity contribution in [1.82, 2.24) is 14.7 Å². The van der Waals surface area contributed by atoms with Gasteiger partial charge in [-0.15, -0.1) is 0 Å². The minimum atomic E-state index is -0.726. The highest BCUT2D eigenvalue weighted by molar-refractivity contribution is 5.91. The van der Waals surface area contributed by atoms with Gasteiger partial charge in [-0.1, -0.05) is 30.3 Å². The van der Waals surface area contributed by atoms with Crippen molar-refractivity contribution in [2.75, 3.05) is 39.8 Å². The fourth-order valence-corrected chi connectivity index (χ4v) is 4.41. The van der Waals surface area contributed by atoms with Gasteiger partial charge in [-0.3, -0.25) is 19.2 Å². The molecule has 32 heavy (non-hydrogen) atoms. The number of likely N-dealkylation sites (tertiary alicyclic amines) is 2. The zero-order valence-corrected chi connectivity index (χ0v) is 19.0. The van der Waals surface area contributed by atoms with Crippen LogP contribution in [0.15, 0.2) is 30.3 Å². The van der Waals surface area contributed by atoms with Crippen molar-refractivity contribution in [2.24, 2.45) is 5.92 Å². The summed E-state index contributed by atoms with van der Waals surface area (Å²) in [6.45, 7) is 3.55. The second-order valence-electron chi connectivity index (χ2n) is 8.46. The maximum absolute atomic E-state index is 13.4. The van der Waals surface area contributed by atoms with Gasteiger partial charge in [0.2, 0.25) is 17.7 Å². The molecule has 8 heteroatoms. The Morgan fingerprint density at radius 1 is 1.09 bits per heavy atom. The van der Waals surface area contributed by atoms with E-state index in [-0.39, 0.29) is 36.2 Å². The molecule has 1 unspecified atom stereocenters. The first-order chi connectivity index (χ1) is 15.4. The van der Waals surface area contributed by atoms with Crippen LogP contribution in [0.25, 0.3) is 0 Å². The van der Waals surface area contributed by atoms with E-state index in [0.29, 0.717) is 45.5 Å². The van der Waals surface area contributed by atoms with Crippen LogP contribution in [-0.4, -0.2) is 78.2 Å². The molecule has 2 aliphatic rings. The molecule has 3 rings (SSSR count). The third kappa shape index (κ3) is 5.66. The summed E-state index contributed by atoms with van der Waals surface area (Å²) >= 11 is 0. The van der Waals surface area contributed by atoms with E-state index in [1.165, 1.54) is 4.90 Å². The smallest absolute Gasteiger partial charge is 0.309 e. The quantitative estimate of drug-likeness (QED) is 0.602. The van der Waals surface area contributed by atoms with Crippen LogP contribution in [0.2, 0.25) is 0 Å². The van der Waals surface area contributed by atoms with E-state index in [9.17, 15) is 19.2 Å². The lowest BCUT2D eigenvalue weighted by Crippen LogP contribution is -2.49. The molecule has 174 valence electrons. The number of esters is 1. The minimum absolute atomic E-state index is 0.0285. The number of hydrogen-bond acceptors (Lipinski definition) is 5. The Labute approximate surface area is 189 Å². The van der Waals surface area contributed by atoms with Crippen LogP contribution in [0.5, 0.6) is 0 Å². The summed E-state index contributed by atoms with van der Waals surface area (Å²) in [6, 6.07) is 8.54. The predicted molar refractivity (Wildman–Crippen MR) is 118 cm³/mol.